The maximum atomic E-state index is 12.8. The largest absolute Gasteiger partial charge is 3.00 e. The molecule has 3 aromatic carbocycles. The van der Waals surface area contributed by atoms with Crippen molar-refractivity contribution in [3.8, 4) is 11.1 Å². The van der Waals surface area contributed by atoms with E-state index in [9.17, 15) is 4.39 Å². The molecule has 0 amide bonds. The zero-order valence-electron chi connectivity index (χ0n) is 9.91. The molecule has 3 rings (SSSR count). The standard InChI is InChI=1S/C15H10F.2ClH.Zr/c16-15-7-5-11(6-8-15)14-9-12-3-1-2-4-13(12)10-14;;;/h1-10H;2*1H;/q-1;;;+3/p-2. The minimum absolute atomic E-state index is 0. The Bertz CT molecular complexity index is 599. The van der Waals surface area contributed by atoms with Gasteiger partial charge in [-0.15, -0.1) is 34.5 Å². The summed E-state index contributed by atoms with van der Waals surface area (Å²) in [4.78, 5) is 0. The molecule has 95 valence electrons. The van der Waals surface area contributed by atoms with Gasteiger partial charge in [0.05, 0.1) is 0 Å². The molecule has 0 bridgehead atoms. The third-order valence-electron chi connectivity index (χ3n) is 2.80. The van der Waals surface area contributed by atoms with Crippen molar-refractivity contribution in [2.75, 3.05) is 0 Å². The van der Waals surface area contributed by atoms with Gasteiger partial charge in [-0.2, -0.15) is 0 Å². The van der Waals surface area contributed by atoms with E-state index < -0.39 is 0 Å². The summed E-state index contributed by atoms with van der Waals surface area (Å²) in [5, 5.41) is 2.45. The molecule has 0 aliphatic rings. The van der Waals surface area contributed by atoms with E-state index in [1.165, 1.54) is 22.9 Å². The fourth-order valence-electron chi connectivity index (χ4n) is 1.96. The first-order chi connectivity index (χ1) is 7.83. The molecule has 0 heterocycles. The molecule has 0 saturated carbocycles. The maximum absolute atomic E-state index is 12.8. The second-order valence-electron chi connectivity index (χ2n) is 3.88. The van der Waals surface area contributed by atoms with Crippen LogP contribution >= 0.6 is 0 Å². The third-order valence-corrected chi connectivity index (χ3v) is 2.80. The summed E-state index contributed by atoms with van der Waals surface area (Å²) in [6.45, 7) is 0. The van der Waals surface area contributed by atoms with E-state index in [1.54, 1.807) is 0 Å². The summed E-state index contributed by atoms with van der Waals surface area (Å²) in [7, 11) is 0. The van der Waals surface area contributed by atoms with Crippen LogP contribution < -0.4 is 24.8 Å². The SMILES string of the molecule is Fc1ccc(-c2cc3ccccc3[cH-]2)cc1.[Cl-].[Cl-].[Zr+3]. The van der Waals surface area contributed by atoms with Crippen LogP contribution in [0.1, 0.15) is 0 Å². The van der Waals surface area contributed by atoms with Gasteiger partial charge in [0.1, 0.15) is 5.82 Å². The molecule has 0 N–H and O–H groups in total. The van der Waals surface area contributed by atoms with Crippen molar-refractivity contribution in [1.29, 1.82) is 0 Å². The van der Waals surface area contributed by atoms with Gasteiger partial charge in [0.2, 0.25) is 0 Å². The number of benzene rings is 2. The van der Waals surface area contributed by atoms with Gasteiger partial charge in [0, 0.05) is 0 Å². The van der Waals surface area contributed by atoms with Crippen molar-refractivity contribution in [3.63, 3.8) is 0 Å². The van der Waals surface area contributed by atoms with Crippen LogP contribution in [-0.2, 0) is 26.2 Å². The van der Waals surface area contributed by atoms with Gasteiger partial charge in [0.25, 0.3) is 0 Å². The molecule has 19 heavy (non-hydrogen) atoms. The van der Waals surface area contributed by atoms with Crippen LogP contribution in [0.4, 0.5) is 4.39 Å². The van der Waals surface area contributed by atoms with Crippen molar-refractivity contribution in [1.82, 2.24) is 0 Å². The molecule has 4 heteroatoms. The normalized spacial score (nSPS) is 9.11. The number of hydrogen-bond donors (Lipinski definition) is 0. The number of hydrogen-bond acceptors (Lipinski definition) is 0. The number of fused-ring (bicyclic) bond motifs is 1. The molecular formula is C15H10Cl2FZr. The summed E-state index contributed by atoms with van der Waals surface area (Å²) >= 11 is 0. The summed E-state index contributed by atoms with van der Waals surface area (Å²) < 4.78 is 12.8. The Kier molecular flexibility index (Phi) is 7.66. The molecule has 0 aliphatic heterocycles. The van der Waals surface area contributed by atoms with Crippen LogP contribution in [0.3, 0.4) is 0 Å². The zero-order chi connectivity index (χ0) is 11.0. The molecule has 0 nitrogen and oxygen atoms in total. The average molecular weight is 371 g/mol. The summed E-state index contributed by atoms with van der Waals surface area (Å²) in [6.07, 6.45) is 0. The van der Waals surface area contributed by atoms with Crippen LogP contribution in [-0.4, -0.2) is 0 Å². The molecule has 1 radical (unpaired) electrons. The van der Waals surface area contributed by atoms with Crippen molar-refractivity contribution >= 4 is 10.8 Å². The van der Waals surface area contributed by atoms with Gasteiger partial charge in [-0.05, 0) is 12.1 Å². The Hall–Kier alpha value is -0.557. The van der Waals surface area contributed by atoms with Gasteiger partial charge in [-0.25, -0.2) is 4.39 Å². The summed E-state index contributed by atoms with van der Waals surface area (Å²) in [5.41, 5.74) is 2.19. The molecular weight excluding hydrogens is 361 g/mol. The average Bonchev–Trinajstić information content (AvgIpc) is 2.73. The van der Waals surface area contributed by atoms with E-state index in [-0.39, 0.29) is 56.8 Å². The zero-order valence-corrected chi connectivity index (χ0v) is 13.9. The molecule has 0 aliphatic carbocycles. The van der Waals surface area contributed by atoms with Gasteiger partial charge in [-0.1, -0.05) is 35.9 Å². The van der Waals surface area contributed by atoms with Crippen molar-refractivity contribution < 1.29 is 55.4 Å². The van der Waals surface area contributed by atoms with Crippen LogP contribution in [0.25, 0.3) is 21.9 Å². The smallest absolute Gasteiger partial charge is 1.00 e. The van der Waals surface area contributed by atoms with Crippen molar-refractivity contribution in [3.05, 3.63) is 66.5 Å². The predicted molar refractivity (Wildman–Crippen MR) is 64.9 cm³/mol. The molecule has 0 spiro atoms. The maximum Gasteiger partial charge on any atom is 3.00 e. The van der Waals surface area contributed by atoms with Gasteiger partial charge in [0.15, 0.2) is 0 Å². The summed E-state index contributed by atoms with van der Waals surface area (Å²) in [6, 6.07) is 19.1. The molecule has 0 unspecified atom stereocenters. The fourth-order valence-corrected chi connectivity index (χ4v) is 1.96. The minimum Gasteiger partial charge on any atom is -1.00 e. The van der Waals surface area contributed by atoms with E-state index in [0.29, 0.717) is 0 Å². The van der Waals surface area contributed by atoms with E-state index in [0.717, 1.165) is 11.1 Å². The summed E-state index contributed by atoms with van der Waals surface area (Å²) in [5.74, 6) is -0.195. The van der Waals surface area contributed by atoms with E-state index in [1.807, 2.05) is 24.3 Å². The molecule has 0 aromatic heterocycles. The first-order valence-corrected chi connectivity index (χ1v) is 5.24. The van der Waals surface area contributed by atoms with Crippen LogP contribution in [0.2, 0.25) is 0 Å². The van der Waals surface area contributed by atoms with E-state index in [4.69, 9.17) is 0 Å². The van der Waals surface area contributed by atoms with Crippen LogP contribution in [0.15, 0.2) is 60.7 Å². The van der Waals surface area contributed by atoms with E-state index in [2.05, 4.69) is 24.3 Å². The third kappa shape index (κ3) is 3.95. The Morgan fingerprint density at radius 2 is 1.47 bits per heavy atom. The molecule has 3 aromatic rings. The minimum atomic E-state index is -0.195. The Labute approximate surface area is 143 Å². The van der Waals surface area contributed by atoms with Crippen LogP contribution in [0, 0.1) is 5.82 Å². The molecule has 0 fully saturated rings. The van der Waals surface area contributed by atoms with Crippen molar-refractivity contribution in [2.45, 2.75) is 0 Å². The Morgan fingerprint density at radius 3 is 2.11 bits per heavy atom. The molecule has 0 atom stereocenters. The number of rotatable bonds is 1. The predicted octanol–water partition coefficient (Wildman–Crippen LogP) is -1.63. The fraction of sp³-hybridized carbons (Fsp3) is 0. The first kappa shape index (κ1) is 18.4. The van der Waals surface area contributed by atoms with Gasteiger partial charge >= 0.3 is 26.2 Å². The topological polar surface area (TPSA) is 0 Å². The van der Waals surface area contributed by atoms with Crippen molar-refractivity contribution in [2.24, 2.45) is 0 Å². The molecule has 0 saturated heterocycles. The first-order valence-electron chi connectivity index (χ1n) is 5.24. The number of halogens is 3. The Morgan fingerprint density at radius 1 is 0.842 bits per heavy atom. The van der Waals surface area contributed by atoms with E-state index >= 15 is 0 Å². The second kappa shape index (κ2) is 7.89. The monoisotopic (exact) mass is 369 g/mol. The van der Waals surface area contributed by atoms with Gasteiger partial charge in [-0.3, -0.25) is 0 Å². The quantitative estimate of drug-likeness (QED) is 0.451. The van der Waals surface area contributed by atoms with Crippen LogP contribution in [0.5, 0.6) is 0 Å². The second-order valence-corrected chi connectivity index (χ2v) is 3.88. The van der Waals surface area contributed by atoms with Gasteiger partial charge < -0.3 is 24.8 Å². The Balaban J connectivity index is 0.00000108.